The van der Waals surface area contributed by atoms with Crippen molar-refractivity contribution in [1.29, 1.82) is 5.26 Å². The minimum Gasteiger partial charge on any atom is -0.481 e. The van der Waals surface area contributed by atoms with Crippen LogP contribution in [0.2, 0.25) is 0 Å². The first-order chi connectivity index (χ1) is 10.1. The van der Waals surface area contributed by atoms with Gasteiger partial charge in [-0.1, -0.05) is 24.3 Å². The van der Waals surface area contributed by atoms with Gasteiger partial charge in [0.1, 0.15) is 5.82 Å². The molecule has 0 radical (unpaired) electrons. The predicted molar refractivity (Wildman–Crippen MR) is 76.2 cm³/mol. The van der Waals surface area contributed by atoms with Crippen molar-refractivity contribution in [3.63, 3.8) is 0 Å². The van der Waals surface area contributed by atoms with Crippen molar-refractivity contribution in [2.75, 3.05) is 5.32 Å². The van der Waals surface area contributed by atoms with Crippen LogP contribution in [0.3, 0.4) is 0 Å². The molecule has 0 heterocycles. The maximum atomic E-state index is 13.7. The number of rotatable bonds is 5. The number of nitrogens with one attached hydrogen (secondary N) is 1. The van der Waals surface area contributed by atoms with Crippen LogP contribution >= 0.6 is 0 Å². The molecule has 21 heavy (non-hydrogen) atoms. The minimum atomic E-state index is -0.875. The molecule has 0 amide bonds. The molecule has 0 aliphatic heterocycles. The largest absolute Gasteiger partial charge is 0.481 e. The van der Waals surface area contributed by atoms with E-state index in [4.69, 9.17) is 10.4 Å². The lowest BCUT2D eigenvalue weighted by Crippen LogP contribution is -2.03. The molecular formula is C16H13FN2O2. The van der Waals surface area contributed by atoms with Crippen molar-refractivity contribution in [2.24, 2.45) is 0 Å². The quantitative estimate of drug-likeness (QED) is 0.885. The molecule has 0 atom stereocenters. The Morgan fingerprint density at radius 1 is 1.19 bits per heavy atom. The van der Waals surface area contributed by atoms with Crippen molar-refractivity contribution in [3.8, 4) is 6.07 Å². The van der Waals surface area contributed by atoms with Gasteiger partial charge in [0.2, 0.25) is 0 Å². The van der Waals surface area contributed by atoms with Gasteiger partial charge < -0.3 is 10.4 Å². The zero-order chi connectivity index (χ0) is 15.2. The van der Waals surface area contributed by atoms with Gasteiger partial charge in [-0.3, -0.25) is 4.79 Å². The van der Waals surface area contributed by atoms with E-state index in [0.717, 1.165) is 11.1 Å². The Kier molecular flexibility index (Phi) is 4.52. The van der Waals surface area contributed by atoms with Crippen LogP contribution in [0.1, 0.15) is 16.7 Å². The lowest BCUT2D eigenvalue weighted by Gasteiger charge is -2.08. The number of aliphatic carboxylic acids is 1. The summed E-state index contributed by atoms with van der Waals surface area (Å²) in [4.78, 5) is 10.6. The van der Waals surface area contributed by atoms with Crippen LogP contribution < -0.4 is 5.32 Å². The van der Waals surface area contributed by atoms with Gasteiger partial charge in [-0.15, -0.1) is 0 Å². The molecule has 0 saturated heterocycles. The van der Waals surface area contributed by atoms with Gasteiger partial charge in [-0.25, -0.2) is 4.39 Å². The summed E-state index contributed by atoms with van der Waals surface area (Å²) in [5.41, 5.74) is 2.23. The normalized spacial score (nSPS) is 9.90. The zero-order valence-corrected chi connectivity index (χ0v) is 11.1. The molecule has 2 aromatic rings. The number of anilines is 1. The highest BCUT2D eigenvalue weighted by Gasteiger charge is 2.04. The van der Waals surface area contributed by atoms with Crippen LogP contribution in [0.4, 0.5) is 10.1 Å². The Bertz CT molecular complexity index is 690. The summed E-state index contributed by atoms with van der Waals surface area (Å²) in [6, 6.07) is 13.2. The van der Waals surface area contributed by atoms with E-state index in [2.05, 4.69) is 5.32 Å². The zero-order valence-electron chi connectivity index (χ0n) is 11.1. The van der Waals surface area contributed by atoms with E-state index in [1.807, 2.05) is 6.07 Å². The lowest BCUT2D eigenvalue weighted by molar-refractivity contribution is -0.136. The highest BCUT2D eigenvalue weighted by molar-refractivity contribution is 5.70. The minimum absolute atomic E-state index is 0.0159. The predicted octanol–water partition coefficient (Wildman–Crippen LogP) is 2.94. The summed E-state index contributed by atoms with van der Waals surface area (Å²) in [5.74, 6) is -1.35. The first-order valence-electron chi connectivity index (χ1n) is 6.31. The number of nitrogens with zero attached hydrogens (tertiary/aromatic N) is 1. The number of carboxylic acid groups (broad SMARTS) is 1. The molecule has 2 rings (SSSR count). The van der Waals surface area contributed by atoms with E-state index < -0.39 is 11.8 Å². The number of hydrogen-bond donors (Lipinski definition) is 2. The molecule has 0 unspecified atom stereocenters. The molecule has 0 aliphatic rings. The fourth-order valence-electron chi connectivity index (χ4n) is 1.87. The van der Waals surface area contributed by atoms with Gasteiger partial charge in [-0.05, 0) is 29.3 Å². The smallest absolute Gasteiger partial charge is 0.307 e. The summed E-state index contributed by atoms with van der Waals surface area (Å²) in [6.07, 6.45) is -0.0159. The molecule has 2 aromatic carbocycles. The molecule has 4 nitrogen and oxygen atoms in total. The third-order valence-corrected chi connectivity index (χ3v) is 2.96. The van der Waals surface area contributed by atoms with E-state index in [0.29, 0.717) is 12.2 Å². The second kappa shape index (κ2) is 6.53. The average molecular weight is 284 g/mol. The van der Waals surface area contributed by atoms with E-state index in [-0.39, 0.29) is 12.0 Å². The van der Waals surface area contributed by atoms with Gasteiger partial charge in [0, 0.05) is 6.54 Å². The highest BCUT2D eigenvalue weighted by Crippen LogP contribution is 2.16. The van der Waals surface area contributed by atoms with Crippen molar-refractivity contribution < 1.29 is 14.3 Å². The van der Waals surface area contributed by atoms with Crippen LogP contribution in [-0.4, -0.2) is 11.1 Å². The third kappa shape index (κ3) is 4.05. The van der Waals surface area contributed by atoms with Gasteiger partial charge >= 0.3 is 5.97 Å². The fourth-order valence-corrected chi connectivity index (χ4v) is 1.87. The van der Waals surface area contributed by atoms with Crippen LogP contribution in [0.15, 0.2) is 42.5 Å². The Morgan fingerprint density at radius 2 is 1.86 bits per heavy atom. The molecular weight excluding hydrogens is 271 g/mol. The van der Waals surface area contributed by atoms with E-state index in [1.54, 1.807) is 30.3 Å². The molecule has 2 N–H and O–H groups in total. The first-order valence-corrected chi connectivity index (χ1v) is 6.31. The van der Waals surface area contributed by atoms with E-state index in [1.165, 1.54) is 12.1 Å². The fraction of sp³-hybridized carbons (Fsp3) is 0.125. The van der Waals surface area contributed by atoms with Crippen molar-refractivity contribution in [3.05, 3.63) is 65.0 Å². The van der Waals surface area contributed by atoms with Gasteiger partial charge in [0.15, 0.2) is 0 Å². The first kappa shape index (κ1) is 14.5. The summed E-state index contributed by atoms with van der Waals surface area (Å²) in [7, 11) is 0. The molecule has 0 aliphatic carbocycles. The van der Waals surface area contributed by atoms with Crippen molar-refractivity contribution >= 4 is 11.7 Å². The van der Waals surface area contributed by atoms with Crippen LogP contribution in [0.25, 0.3) is 0 Å². The number of nitriles is 1. The third-order valence-electron chi connectivity index (χ3n) is 2.96. The Balaban J connectivity index is 2.00. The van der Waals surface area contributed by atoms with Gasteiger partial charge in [0.05, 0.1) is 23.7 Å². The number of benzene rings is 2. The van der Waals surface area contributed by atoms with Gasteiger partial charge in [0.25, 0.3) is 0 Å². The molecule has 0 fully saturated rings. The lowest BCUT2D eigenvalue weighted by atomic mass is 10.1. The summed E-state index contributed by atoms with van der Waals surface area (Å²) in [6.45, 7) is 0.413. The summed E-state index contributed by atoms with van der Waals surface area (Å²) < 4.78 is 13.7. The molecule has 0 aromatic heterocycles. The number of hydrogen-bond acceptors (Lipinski definition) is 3. The second-order valence-corrected chi connectivity index (χ2v) is 4.55. The maximum absolute atomic E-state index is 13.7. The Labute approximate surface area is 121 Å². The van der Waals surface area contributed by atoms with E-state index >= 15 is 0 Å². The maximum Gasteiger partial charge on any atom is 0.307 e. The van der Waals surface area contributed by atoms with Crippen LogP contribution in [-0.2, 0) is 17.8 Å². The molecule has 0 spiro atoms. The van der Waals surface area contributed by atoms with E-state index in [9.17, 15) is 9.18 Å². The van der Waals surface area contributed by atoms with Crippen LogP contribution in [0, 0.1) is 17.1 Å². The molecule has 0 bridgehead atoms. The average Bonchev–Trinajstić information content (AvgIpc) is 2.47. The monoisotopic (exact) mass is 284 g/mol. The highest BCUT2D eigenvalue weighted by atomic mass is 19.1. The summed E-state index contributed by atoms with van der Waals surface area (Å²) in [5, 5.41) is 20.3. The molecule has 5 heteroatoms. The molecule has 0 saturated carbocycles. The van der Waals surface area contributed by atoms with Crippen molar-refractivity contribution in [1.82, 2.24) is 0 Å². The number of carbonyl (C=O) groups is 1. The Hall–Kier alpha value is -2.87. The topological polar surface area (TPSA) is 73.1 Å². The van der Waals surface area contributed by atoms with Crippen molar-refractivity contribution in [2.45, 2.75) is 13.0 Å². The second-order valence-electron chi connectivity index (χ2n) is 4.55. The number of carboxylic acids is 1. The standard InChI is InChI=1S/C16H13FN2O2/c17-14-7-13(9-18)5-6-15(14)19-10-12-3-1-11(2-4-12)8-16(20)21/h1-7,19H,8,10H2,(H,20,21). The SMILES string of the molecule is N#Cc1ccc(NCc2ccc(CC(=O)O)cc2)c(F)c1. The Morgan fingerprint density at radius 3 is 2.43 bits per heavy atom. The van der Waals surface area contributed by atoms with Crippen LogP contribution in [0.5, 0.6) is 0 Å². The summed E-state index contributed by atoms with van der Waals surface area (Å²) >= 11 is 0. The molecule has 106 valence electrons. The van der Waals surface area contributed by atoms with Gasteiger partial charge in [-0.2, -0.15) is 5.26 Å². The number of halogens is 1.